The number of phenolic OH excluding ortho intramolecular Hbond substituents is 1. The van der Waals surface area contributed by atoms with Crippen LogP contribution in [0.5, 0.6) is 5.75 Å². The molecular weight excluding hydrogens is 244 g/mol. The lowest BCUT2D eigenvalue weighted by molar-refractivity contribution is -0.136. The van der Waals surface area contributed by atoms with Gasteiger partial charge in [-0.25, -0.2) is 0 Å². The normalized spacial score (nSPS) is 15.6. The van der Waals surface area contributed by atoms with Crippen molar-refractivity contribution in [2.75, 3.05) is 44.3 Å². The van der Waals surface area contributed by atoms with Crippen LogP contribution in [-0.4, -0.2) is 55.3 Å². The van der Waals surface area contributed by atoms with Crippen LogP contribution in [0.4, 0.5) is 5.69 Å². The predicted molar refractivity (Wildman–Crippen MR) is 73.4 cm³/mol. The first-order valence-corrected chi connectivity index (χ1v) is 6.61. The van der Waals surface area contributed by atoms with Gasteiger partial charge in [0.1, 0.15) is 12.4 Å². The molecule has 0 aliphatic carbocycles. The minimum Gasteiger partial charge on any atom is -0.506 e. The Kier molecular flexibility index (Phi) is 4.63. The zero-order chi connectivity index (χ0) is 13.7. The van der Waals surface area contributed by atoms with Crippen LogP contribution < -0.4 is 4.90 Å². The summed E-state index contributed by atoms with van der Waals surface area (Å²) in [5, 5.41) is 9.81. The lowest BCUT2D eigenvalue weighted by Gasteiger charge is -2.36. The molecule has 1 aromatic carbocycles. The van der Waals surface area contributed by atoms with Crippen molar-refractivity contribution >= 4 is 11.6 Å². The molecule has 1 N–H and O–H groups in total. The van der Waals surface area contributed by atoms with Gasteiger partial charge in [-0.15, -0.1) is 0 Å². The molecule has 0 atom stereocenters. The maximum Gasteiger partial charge on any atom is 0.248 e. The van der Waals surface area contributed by atoms with Crippen LogP contribution in [0.2, 0.25) is 0 Å². The highest BCUT2D eigenvalue weighted by atomic mass is 16.5. The molecule has 1 aliphatic rings. The number of anilines is 1. The summed E-state index contributed by atoms with van der Waals surface area (Å²) in [4.78, 5) is 15.7. The van der Waals surface area contributed by atoms with E-state index >= 15 is 0 Å². The number of carbonyl (C=O) groups excluding carboxylic acids is 1. The molecule has 0 unspecified atom stereocenters. The van der Waals surface area contributed by atoms with Gasteiger partial charge >= 0.3 is 0 Å². The van der Waals surface area contributed by atoms with Gasteiger partial charge in [0, 0.05) is 32.8 Å². The molecule has 1 saturated heterocycles. The summed E-state index contributed by atoms with van der Waals surface area (Å²) < 4.78 is 5.13. The highest BCUT2D eigenvalue weighted by Crippen LogP contribution is 2.27. The van der Waals surface area contributed by atoms with E-state index in [9.17, 15) is 9.90 Å². The van der Waals surface area contributed by atoms with Gasteiger partial charge in [0.25, 0.3) is 0 Å². The number of piperazine rings is 1. The summed E-state index contributed by atoms with van der Waals surface area (Å²) in [5.74, 6) is 0.329. The fourth-order valence-corrected chi connectivity index (χ4v) is 2.21. The smallest absolute Gasteiger partial charge is 0.248 e. The van der Waals surface area contributed by atoms with Crippen molar-refractivity contribution in [1.29, 1.82) is 0 Å². The first kappa shape index (κ1) is 13.7. The summed E-state index contributed by atoms with van der Waals surface area (Å²) in [7, 11) is 0. The first-order chi connectivity index (χ1) is 9.22. The maximum atomic E-state index is 11.8. The molecule has 0 saturated carbocycles. The third-order valence-electron chi connectivity index (χ3n) is 3.28. The van der Waals surface area contributed by atoms with E-state index in [1.165, 1.54) is 0 Å². The molecule has 1 fully saturated rings. The Morgan fingerprint density at radius 2 is 1.95 bits per heavy atom. The number of amides is 1. The number of para-hydroxylation sites is 2. The van der Waals surface area contributed by atoms with Crippen molar-refractivity contribution in [3.05, 3.63) is 24.3 Å². The Labute approximate surface area is 113 Å². The number of rotatable bonds is 4. The minimum absolute atomic E-state index is 0.0405. The second-order valence-corrected chi connectivity index (χ2v) is 4.49. The molecule has 19 heavy (non-hydrogen) atoms. The van der Waals surface area contributed by atoms with Crippen LogP contribution in [0.25, 0.3) is 0 Å². The fraction of sp³-hybridized carbons (Fsp3) is 0.500. The number of nitrogens with zero attached hydrogens (tertiary/aromatic N) is 2. The molecule has 0 aromatic heterocycles. The number of benzene rings is 1. The van der Waals surface area contributed by atoms with Crippen LogP contribution in [0.1, 0.15) is 6.92 Å². The van der Waals surface area contributed by atoms with E-state index in [0.29, 0.717) is 19.7 Å². The number of carbonyl (C=O) groups is 1. The van der Waals surface area contributed by atoms with Gasteiger partial charge in [0.15, 0.2) is 0 Å². The van der Waals surface area contributed by atoms with Crippen molar-refractivity contribution < 1.29 is 14.6 Å². The Bertz CT molecular complexity index is 428. The highest BCUT2D eigenvalue weighted by Gasteiger charge is 2.22. The monoisotopic (exact) mass is 264 g/mol. The summed E-state index contributed by atoms with van der Waals surface area (Å²) in [6.07, 6.45) is 0. The molecule has 0 bridgehead atoms. The Morgan fingerprint density at radius 3 is 2.58 bits per heavy atom. The molecule has 0 spiro atoms. The lowest BCUT2D eigenvalue weighted by atomic mass is 10.2. The Hall–Kier alpha value is -1.75. The molecule has 1 aliphatic heterocycles. The zero-order valence-corrected chi connectivity index (χ0v) is 11.2. The van der Waals surface area contributed by atoms with Gasteiger partial charge in [-0.1, -0.05) is 12.1 Å². The fourth-order valence-electron chi connectivity index (χ4n) is 2.21. The Morgan fingerprint density at radius 1 is 1.26 bits per heavy atom. The highest BCUT2D eigenvalue weighted by molar-refractivity contribution is 5.77. The van der Waals surface area contributed by atoms with E-state index in [4.69, 9.17) is 4.74 Å². The van der Waals surface area contributed by atoms with Gasteiger partial charge in [-0.2, -0.15) is 0 Å². The van der Waals surface area contributed by atoms with E-state index in [1.54, 1.807) is 12.1 Å². The number of aromatic hydroxyl groups is 1. The number of hydrogen-bond donors (Lipinski definition) is 1. The Balaban J connectivity index is 1.89. The quantitative estimate of drug-likeness (QED) is 0.884. The third-order valence-corrected chi connectivity index (χ3v) is 3.28. The minimum atomic E-state index is 0.0405. The summed E-state index contributed by atoms with van der Waals surface area (Å²) >= 11 is 0. The summed E-state index contributed by atoms with van der Waals surface area (Å²) in [5.41, 5.74) is 0.833. The molecule has 2 rings (SSSR count). The average molecular weight is 264 g/mol. The zero-order valence-electron chi connectivity index (χ0n) is 11.2. The van der Waals surface area contributed by atoms with E-state index in [-0.39, 0.29) is 18.3 Å². The summed E-state index contributed by atoms with van der Waals surface area (Å²) in [6.45, 7) is 5.39. The van der Waals surface area contributed by atoms with Crippen molar-refractivity contribution in [1.82, 2.24) is 4.90 Å². The molecule has 0 radical (unpaired) electrons. The van der Waals surface area contributed by atoms with Crippen LogP contribution in [0.15, 0.2) is 24.3 Å². The molecule has 5 heteroatoms. The molecule has 104 valence electrons. The van der Waals surface area contributed by atoms with Crippen molar-refractivity contribution in [2.24, 2.45) is 0 Å². The maximum absolute atomic E-state index is 11.8. The van der Waals surface area contributed by atoms with E-state index in [1.807, 2.05) is 24.0 Å². The second-order valence-electron chi connectivity index (χ2n) is 4.49. The predicted octanol–water partition coefficient (Wildman–Crippen LogP) is 1.08. The van der Waals surface area contributed by atoms with Crippen molar-refractivity contribution in [3.8, 4) is 5.75 Å². The van der Waals surface area contributed by atoms with Gasteiger partial charge in [-0.05, 0) is 19.1 Å². The van der Waals surface area contributed by atoms with Gasteiger partial charge < -0.3 is 19.6 Å². The number of phenols is 1. The van der Waals surface area contributed by atoms with E-state index in [0.717, 1.165) is 18.8 Å². The topological polar surface area (TPSA) is 53.0 Å². The van der Waals surface area contributed by atoms with Crippen LogP contribution in [0.3, 0.4) is 0 Å². The number of ether oxygens (including phenoxy) is 1. The van der Waals surface area contributed by atoms with Gasteiger partial charge in [0.2, 0.25) is 5.91 Å². The van der Waals surface area contributed by atoms with E-state index in [2.05, 4.69) is 4.90 Å². The summed E-state index contributed by atoms with van der Waals surface area (Å²) in [6, 6.07) is 7.29. The molecule has 1 aromatic rings. The largest absolute Gasteiger partial charge is 0.506 e. The van der Waals surface area contributed by atoms with Crippen molar-refractivity contribution in [3.63, 3.8) is 0 Å². The average Bonchev–Trinajstić information content (AvgIpc) is 2.45. The van der Waals surface area contributed by atoms with Crippen molar-refractivity contribution in [2.45, 2.75) is 6.92 Å². The molecule has 1 heterocycles. The van der Waals surface area contributed by atoms with Crippen LogP contribution >= 0.6 is 0 Å². The molecule has 1 amide bonds. The van der Waals surface area contributed by atoms with Gasteiger partial charge in [-0.3, -0.25) is 4.79 Å². The van der Waals surface area contributed by atoms with Crippen LogP contribution in [0, 0.1) is 0 Å². The second kappa shape index (κ2) is 6.43. The third kappa shape index (κ3) is 3.38. The standard InChI is InChI=1S/C14H20N2O3/c1-2-19-11-14(18)16-9-7-15(8-10-16)12-5-3-4-6-13(12)17/h3-6,17H,2,7-11H2,1H3. The number of hydrogen-bond acceptors (Lipinski definition) is 4. The SMILES string of the molecule is CCOCC(=O)N1CCN(c2ccccc2O)CC1. The van der Waals surface area contributed by atoms with Crippen LogP contribution in [-0.2, 0) is 9.53 Å². The molecule has 5 nitrogen and oxygen atoms in total. The van der Waals surface area contributed by atoms with Gasteiger partial charge in [0.05, 0.1) is 5.69 Å². The first-order valence-electron chi connectivity index (χ1n) is 6.61. The lowest BCUT2D eigenvalue weighted by Crippen LogP contribution is -2.49. The molecular formula is C14H20N2O3. The van der Waals surface area contributed by atoms with E-state index < -0.39 is 0 Å².